The van der Waals surface area contributed by atoms with E-state index >= 15 is 0 Å². The SMILES string of the molecule is O=P(O)(O)C(CCCCCCO)P(=O)(O)O. The molecule has 0 aliphatic rings. The largest absolute Gasteiger partial charge is 0.396 e. The van der Waals surface area contributed by atoms with E-state index < -0.39 is 20.6 Å². The van der Waals surface area contributed by atoms with Crippen molar-refractivity contribution in [1.82, 2.24) is 0 Å². The minimum absolute atomic E-state index is 0.0421. The van der Waals surface area contributed by atoms with Crippen LogP contribution < -0.4 is 0 Å². The summed E-state index contributed by atoms with van der Waals surface area (Å²) >= 11 is 0. The predicted molar refractivity (Wildman–Crippen MR) is 58.0 cm³/mol. The third kappa shape index (κ3) is 6.76. The van der Waals surface area contributed by atoms with Crippen LogP contribution in [0, 0.1) is 0 Å². The fraction of sp³-hybridized carbons (Fsp3) is 1.00. The topological polar surface area (TPSA) is 135 Å². The molecule has 7 nitrogen and oxygen atoms in total. The van der Waals surface area contributed by atoms with Gasteiger partial charge in [-0.1, -0.05) is 19.3 Å². The lowest BCUT2D eigenvalue weighted by molar-refractivity contribution is 0.281. The van der Waals surface area contributed by atoms with Gasteiger partial charge in [0.2, 0.25) is 0 Å². The summed E-state index contributed by atoms with van der Waals surface area (Å²) in [6.45, 7) is 0.0421. The lowest BCUT2D eigenvalue weighted by atomic mass is 10.2. The van der Waals surface area contributed by atoms with Gasteiger partial charge in [0.15, 0.2) is 5.40 Å². The second-order valence-electron chi connectivity index (χ2n) is 3.59. The lowest BCUT2D eigenvalue weighted by Crippen LogP contribution is -2.09. The van der Waals surface area contributed by atoms with E-state index in [2.05, 4.69) is 0 Å². The first kappa shape index (κ1) is 16.3. The van der Waals surface area contributed by atoms with Crippen molar-refractivity contribution in [2.45, 2.75) is 37.5 Å². The Bertz CT molecular complexity index is 258. The van der Waals surface area contributed by atoms with Crippen molar-refractivity contribution in [3.8, 4) is 0 Å². The maximum atomic E-state index is 10.9. The van der Waals surface area contributed by atoms with Crippen LogP contribution in [-0.4, -0.2) is 36.7 Å². The van der Waals surface area contributed by atoms with Crippen molar-refractivity contribution in [3.05, 3.63) is 0 Å². The maximum absolute atomic E-state index is 10.9. The fourth-order valence-electron chi connectivity index (χ4n) is 1.32. The minimum Gasteiger partial charge on any atom is -0.396 e. The molecule has 5 N–H and O–H groups in total. The van der Waals surface area contributed by atoms with E-state index in [1.807, 2.05) is 0 Å². The molecule has 0 amide bonds. The summed E-state index contributed by atoms with van der Waals surface area (Å²) in [5, 5.41) is 6.59. The van der Waals surface area contributed by atoms with Crippen molar-refractivity contribution in [2.24, 2.45) is 0 Å². The zero-order valence-corrected chi connectivity index (χ0v) is 10.6. The predicted octanol–water partition coefficient (Wildman–Crippen LogP) is 0.611. The molecule has 0 aliphatic carbocycles. The Morgan fingerprint density at radius 2 is 1.25 bits per heavy atom. The smallest absolute Gasteiger partial charge is 0.340 e. The summed E-state index contributed by atoms with van der Waals surface area (Å²) in [4.78, 5) is 35.2. The summed E-state index contributed by atoms with van der Waals surface area (Å²) in [5.41, 5.74) is 0. The van der Waals surface area contributed by atoms with Crippen LogP contribution in [0.1, 0.15) is 32.1 Å². The summed E-state index contributed by atoms with van der Waals surface area (Å²) in [7, 11) is -9.53. The Labute approximate surface area is 93.8 Å². The van der Waals surface area contributed by atoms with Gasteiger partial charge in [0.25, 0.3) is 0 Å². The van der Waals surface area contributed by atoms with E-state index in [1.54, 1.807) is 0 Å². The molecule has 0 aliphatic heterocycles. The van der Waals surface area contributed by atoms with E-state index in [9.17, 15) is 9.13 Å². The number of aliphatic hydroxyl groups excluding tert-OH is 1. The Hall–Kier alpha value is 0.260. The molecule has 0 atom stereocenters. The van der Waals surface area contributed by atoms with Crippen LogP contribution in [0.25, 0.3) is 0 Å². The van der Waals surface area contributed by atoms with Crippen LogP contribution in [0.3, 0.4) is 0 Å². The van der Waals surface area contributed by atoms with Gasteiger partial charge in [-0.25, -0.2) is 0 Å². The van der Waals surface area contributed by atoms with Crippen LogP contribution >= 0.6 is 15.2 Å². The highest BCUT2D eigenvalue weighted by molar-refractivity contribution is 7.70. The number of hydrogen-bond donors (Lipinski definition) is 5. The van der Waals surface area contributed by atoms with Crippen LogP contribution in [0.4, 0.5) is 0 Å². The van der Waals surface area contributed by atoms with Crippen molar-refractivity contribution in [2.75, 3.05) is 6.61 Å². The highest BCUT2D eigenvalue weighted by Gasteiger charge is 2.42. The van der Waals surface area contributed by atoms with E-state index in [0.717, 1.165) is 0 Å². The first-order chi connectivity index (χ1) is 7.19. The molecular weight excluding hydrogens is 258 g/mol. The molecule has 0 aromatic rings. The van der Waals surface area contributed by atoms with Gasteiger partial charge in [-0.2, -0.15) is 0 Å². The quantitative estimate of drug-likeness (QED) is 0.323. The minimum atomic E-state index is -4.77. The summed E-state index contributed by atoms with van der Waals surface area (Å²) in [5.74, 6) is 0. The third-order valence-corrected chi connectivity index (χ3v) is 6.02. The Morgan fingerprint density at radius 3 is 1.62 bits per heavy atom. The third-order valence-electron chi connectivity index (χ3n) is 2.15. The maximum Gasteiger partial charge on any atom is 0.340 e. The van der Waals surface area contributed by atoms with Gasteiger partial charge in [0.1, 0.15) is 0 Å². The molecule has 0 bridgehead atoms. The molecule has 0 saturated heterocycles. The van der Waals surface area contributed by atoms with Gasteiger partial charge in [-0.15, -0.1) is 0 Å². The summed E-state index contributed by atoms with van der Waals surface area (Å²) < 4.78 is 21.7. The van der Waals surface area contributed by atoms with Crippen molar-refractivity contribution in [3.63, 3.8) is 0 Å². The van der Waals surface area contributed by atoms with Gasteiger partial charge in [-0.05, 0) is 12.8 Å². The molecule has 16 heavy (non-hydrogen) atoms. The average molecular weight is 276 g/mol. The normalized spacial score (nSPS) is 13.4. The van der Waals surface area contributed by atoms with Crippen molar-refractivity contribution in [1.29, 1.82) is 0 Å². The highest BCUT2D eigenvalue weighted by atomic mass is 31.2. The first-order valence-corrected chi connectivity index (χ1v) is 8.27. The standard InChI is InChI=1S/C7H18O7P2/c8-6-4-2-1-3-5-7(15(9,10)11)16(12,13)14/h7-8H,1-6H2,(H2,9,10,11)(H2,12,13,14). The van der Waals surface area contributed by atoms with Crippen LogP contribution in [0.5, 0.6) is 0 Å². The second-order valence-corrected chi connectivity index (χ2v) is 7.60. The summed E-state index contributed by atoms with van der Waals surface area (Å²) in [6.07, 6.45) is 1.94. The number of rotatable bonds is 8. The average Bonchev–Trinajstić information content (AvgIpc) is 2.06. The van der Waals surface area contributed by atoms with E-state index in [-0.39, 0.29) is 13.0 Å². The lowest BCUT2D eigenvalue weighted by Gasteiger charge is -2.19. The molecule has 0 aromatic heterocycles. The molecule has 0 rings (SSSR count). The summed E-state index contributed by atoms with van der Waals surface area (Å²) in [6, 6.07) is 0. The van der Waals surface area contributed by atoms with Crippen molar-refractivity contribution < 1.29 is 33.8 Å². The van der Waals surface area contributed by atoms with Crippen LogP contribution in [-0.2, 0) is 9.13 Å². The van der Waals surface area contributed by atoms with Gasteiger partial charge >= 0.3 is 15.2 Å². The first-order valence-electron chi connectivity index (χ1n) is 4.91. The van der Waals surface area contributed by atoms with Gasteiger partial charge in [0.05, 0.1) is 0 Å². The fourth-order valence-corrected chi connectivity index (χ4v) is 3.93. The van der Waals surface area contributed by atoms with E-state index in [0.29, 0.717) is 25.7 Å². The van der Waals surface area contributed by atoms with Crippen LogP contribution in [0.2, 0.25) is 0 Å². The molecule has 0 fully saturated rings. The Kier molecular flexibility index (Phi) is 6.98. The molecule has 0 heterocycles. The Morgan fingerprint density at radius 1 is 0.812 bits per heavy atom. The Balaban J connectivity index is 4.17. The molecule has 0 aromatic carbocycles. The second kappa shape index (κ2) is 6.87. The van der Waals surface area contributed by atoms with Gasteiger partial charge in [0, 0.05) is 6.61 Å². The van der Waals surface area contributed by atoms with E-state index in [4.69, 9.17) is 24.7 Å². The molecule has 0 unspecified atom stereocenters. The molecule has 0 spiro atoms. The zero-order valence-electron chi connectivity index (χ0n) is 8.77. The molecule has 0 saturated carbocycles. The number of aliphatic hydroxyl groups is 1. The number of unbranched alkanes of at least 4 members (excludes halogenated alkanes) is 3. The molecule has 98 valence electrons. The zero-order chi connectivity index (χ0) is 12.8. The van der Waals surface area contributed by atoms with E-state index in [1.165, 1.54) is 0 Å². The van der Waals surface area contributed by atoms with Gasteiger partial charge < -0.3 is 24.7 Å². The van der Waals surface area contributed by atoms with Gasteiger partial charge in [-0.3, -0.25) is 9.13 Å². The van der Waals surface area contributed by atoms with Crippen LogP contribution in [0.15, 0.2) is 0 Å². The monoisotopic (exact) mass is 276 g/mol. The number of hydrogen-bond acceptors (Lipinski definition) is 3. The molecular formula is C7H18O7P2. The molecule has 0 radical (unpaired) electrons. The highest BCUT2D eigenvalue weighted by Crippen LogP contribution is 2.61. The van der Waals surface area contributed by atoms with Crippen molar-refractivity contribution >= 4 is 15.2 Å². The molecule has 9 heteroatoms.